The number of rotatable bonds is 5. The third-order valence-corrected chi connectivity index (χ3v) is 8.86. The summed E-state index contributed by atoms with van der Waals surface area (Å²) in [5, 5.41) is 17.9. The van der Waals surface area contributed by atoms with Crippen LogP contribution in [0.3, 0.4) is 0 Å². The summed E-state index contributed by atoms with van der Waals surface area (Å²) >= 11 is 6.59. The average Bonchev–Trinajstić information content (AvgIpc) is 2.65. The van der Waals surface area contributed by atoms with E-state index in [9.17, 15) is 14.7 Å². The number of carbonyl (C=O) groups is 1. The van der Waals surface area contributed by atoms with Crippen molar-refractivity contribution >= 4 is 23.3 Å². The SMILES string of the molecule is C[C@@H]1CCCC[C@H]1Nc1cnn(C23C[C@@H]4C[C@H](CC(CC(=O)O)(C4)C2)C3)c(=O)c1Cl. The van der Waals surface area contributed by atoms with Crippen molar-refractivity contribution in [3.05, 3.63) is 21.6 Å². The minimum Gasteiger partial charge on any atom is -0.481 e. The van der Waals surface area contributed by atoms with Gasteiger partial charge in [-0.25, -0.2) is 4.68 Å². The molecule has 7 heteroatoms. The molecule has 4 bridgehead atoms. The third-order valence-electron chi connectivity index (χ3n) is 8.50. The normalized spacial score (nSPS) is 39.8. The van der Waals surface area contributed by atoms with E-state index in [-0.39, 0.29) is 28.0 Å². The van der Waals surface area contributed by atoms with E-state index in [2.05, 4.69) is 17.3 Å². The topological polar surface area (TPSA) is 84.2 Å². The lowest BCUT2D eigenvalue weighted by molar-refractivity contribution is -0.151. The standard InChI is InChI=1S/C23H32ClN3O3/c1-14-4-2-3-5-17(14)26-18-12-25-27(21(30)20(18)24)23-9-15-6-16(10-23)8-22(7-15,13-23)11-19(28)29/h12,14-17,26H,2-11,13H2,1H3,(H,28,29)/t14-,15-,16-,17-,22?,23?/m1/s1. The van der Waals surface area contributed by atoms with Crippen molar-refractivity contribution in [2.75, 3.05) is 5.32 Å². The van der Waals surface area contributed by atoms with Crippen LogP contribution < -0.4 is 10.9 Å². The van der Waals surface area contributed by atoms with Gasteiger partial charge in [0.2, 0.25) is 0 Å². The average molecular weight is 434 g/mol. The van der Waals surface area contributed by atoms with Crippen LogP contribution in [0.4, 0.5) is 5.69 Å². The van der Waals surface area contributed by atoms with Crippen LogP contribution >= 0.6 is 11.6 Å². The molecule has 5 fully saturated rings. The van der Waals surface area contributed by atoms with Gasteiger partial charge in [-0.15, -0.1) is 0 Å². The van der Waals surface area contributed by atoms with E-state index < -0.39 is 5.97 Å². The number of hydrogen-bond acceptors (Lipinski definition) is 4. The zero-order valence-electron chi connectivity index (χ0n) is 17.7. The Bertz CT molecular complexity index is 899. The first kappa shape index (κ1) is 20.3. The van der Waals surface area contributed by atoms with Crippen LogP contribution in [0.15, 0.2) is 11.0 Å². The van der Waals surface area contributed by atoms with Crippen molar-refractivity contribution in [1.82, 2.24) is 9.78 Å². The molecule has 5 aliphatic carbocycles. The fourth-order valence-corrected chi connectivity index (χ4v) is 7.96. The van der Waals surface area contributed by atoms with Crippen LogP contribution in [-0.2, 0) is 10.3 Å². The monoisotopic (exact) mass is 433 g/mol. The Morgan fingerprint density at radius 1 is 1.27 bits per heavy atom. The zero-order valence-corrected chi connectivity index (χ0v) is 18.5. The second-order valence-corrected chi connectivity index (χ2v) is 11.2. The summed E-state index contributed by atoms with van der Waals surface area (Å²) in [6.07, 6.45) is 12.3. The molecule has 0 unspecified atom stereocenters. The van der Waals surface area contributed by atoms with E-state index >= 15 is 0 Å². The number of nitrogens with one attached hydrogen (secondary N) is 1. The summed E-state index contributed by atoms with van der Waals surface area (Å²) in [4.78, 5) is 25.0. The summed E-state index contributed by atoms with van der Waals surface area (Å²) in [5.41, 5.74) is -0.159. The number of carboxylic acid groups (broad SMARTS) is 1. The van der Waals surface area contributed by atoms with Crippen LogP contribution in [0.25, 0.3) is 0 Å². The van der Waals surface area contributed by atoms with Crippen molar-refractivity contribution in [2.24, 2.45) is 23.2 Å². The maximum atomic E-state index is 13.4. The molecular weight excluding hydrogens is 402 g/mol. The number of aliphatic carboxylic acids is 1. The van der Waals surface area contributed by atoms with Crippen LogP contribution in [0.5, 0.6) is 0 Å². The number of hydrogen-bond donors (Lipinski definition) is 2. The highest BCUT2D eigenvalue weighted by atomic mass is 35.5. The molecule has 1 heterocycles. The van der Waals surface area contributed by atoms with E-state index in [0.29, 0.717) is 29.5 Å². The predicted octanol–water partition coefficient (Wildman–Crippen LogP) is 4.66. The minimum atomic E-state index is -0.730. The fraction of sp³-hybridized carbons (Fsp3) is 0.783. The molecule has 6 nitrogen and oxygen atoms in total. The van der Waals surface area contributed by atoms with E-state index in [0.717, 1.165) is 44.9 Å². The van der Waals surface area contributed by atoms with Gasteiger partial charge in [0.15, 0.2) is 0 Å². The predicted molar refractivity (Wildman–Crippen MR) is 116 cm³/mol. The van der Waals surface area contributed by atoms with E-state index in [1.165, 1.54) is 19.3 Å². The van der Waals surface area contributed by atoms with Gasteiger partial charge < -0.3 is 10.4 Å². The molecule has 2 N–H and O–H groups in total. The third kappa shape index (κ3) is 3.35. The Labute approximate surface area is 182 Å². The molecule has 5 aliphatic rings. The molecule has 164 valence electrons. The minimum absolute atomic E-state index is 0.196. The molecule has 30 heavy (non-hydrogen) atoms. The molecule has 1 aromatic heterocycles. The number of anilines is 1. The van der Waals surface area contributed by atoms with Gasteiger partial charge in [-0.1, -0.05) is 31.4 Å². The Kier molecular flexibility index (Phi) is 4.92. The molecular formula is C23H32ClN3O3. The summed E-state index contributed by atoms with van der Waals surface area (Å²) < 4.78 is 1.64. The molecule has 0 aromatic carbocycles. The quantitative estimate of drug-likeness (QED) is 0.705. The van der Waals surface area contributed by atoms with Gasteiger partial charge in [-0.05, 0) is 74.5 Å². The second-order valence-electron chi connectivity index (χ2n) is 10.9. The number of carboxylic acids is 1. The largest absolute Gasteiger partial charge is 0.481 e. The molecule has 0 aliphatic heterocycles. The summed E-state index contributed by atoms with van der Waals surface area (Å²) in [6, 6.07) is 0.326. The molecule has 1 aromatic rings. The maximum absolute atomic E-state index is 13.4. The highest BCUT2D eigenvalue weighted by molar-refractivity contribution is 6.32. The maximum Gasteiger partial charge on any atom is 0.303 e. The van der Waals surface area contributed by atoms with Crippen molar-refractivity contribution in [2.45, 2.75) is 89.1 Å². The Balaban J connectivity index is 1.46. The lowest BCUT2D eigenvalue weighted by atomic mass is 9.46. The van der Waals surface area contributed by atoms with Crippen molar-refractivity contribution in [3.63, 3.8) is 0 Å². The van der Waals surface area contributed by atoms with Gasteiger partial charge in [-0.3, -0.25) is 9.59 Å². The van der Waals surface area contributed by atoms with Crippen molar-refractivity contribution in [1.29, 1.82) is 0 Å². The lowest BCUT2D eigenvalue weighted by Crippen LogP contribution is -2.59. The van der Waals surface area contributed by atoms with Crippen LogP contribution in [0, 0.1) is 23.2 Å². The van der Waals surface area contributed by atoms with Crippen molar-refractivity contribution < 1.29 is 9.90 Å². The van der Waals surface area contributed by atoms with E-state index in [1.807, 2.05) is 0 Å². The first-order valence-corrected chi connectivity index (χ1v) is 11.9. The van der Waals surface area contributed by atoms with Crippen LogP contribution in [0.1, 0.15) is 77.6 Å². The molecule has 5 saturated carbocycles. The van der Waals surface area contributed by atoms with Gasteiger partial charge in [0.1, 0.15) is 5.02 Å². The molecule has 0 amide bonds. The molecule has 6 rings (SSSR count). The first-order chi connectivity index (χ1) is 14.3. The number of nitrogens with zero attached hydrogens (tertiary/aromatic N) is 2. The van der Waals surface area contributed by atoms with Crippen LogP contribution in [-0.4, -0.2) is 26.9 Å². The van der Waals surface area contributed by atoms with Gasteiger partial charge in [0.25, 0.3) is 5.56 Å². The zero-order chi connectivity index (χ0) is 21.1. The van der Waals surface area contributed by atoms with Crippen molar-refractivity contribution in [3.8, 4) is 0 Å². The molecule has 0 saturated heterocycles. The summed E-state index contributed by atoms with van der Waals surface area (Å²) in [7, 11) is 0. The number of halogens is 1. The van der Waals surface area contributed by atoms with Crippen LogP contribution in [0.2, 0.25) is 5.02 Å². The van der Waals surface area contributed by atoms with Gasteiger partial charge in [0.05, 0.1) is 23.8 Å². The van der Waals surface area contributed by atoms with E-state index in [1.54, 1.807) is 10.9 Å². The van der Waals surface area contributed by atoms with Gasteiger partial charge >= 0.3 is 5.97 Å². The Morgan fingerprint density at radius 3 is 2.63 bits per heavy atom. The fourth-order valence-electron chi connectivity index (χ4n) is 7.78. The summed E-state index contributed by atoms with van der Waals surface area (Å²) in [6.45, 7) is 2.25. The van der Waals surface area contributed by atoms with E-state index in [4.69, 9.17) is 11.6 Å². The Morgan fingerprint density at radius 2 is 1.97 bits per heavy atom. The van der Waals surface area contributed by atoms with Gasteiger partial charge in [0, 0.05) is 6.04 Å². The molecule has 4 atom stereocenters. The highest BCUT2D eigenvalue weighted by Gasteiger charge is 2.59. The molecule has 0 spiro atoms. The number of aromatic nitrogens is 2. The first-order valence-electron chi connectivity index (χ1n) is 11.6. The summed E-state index contributed by atoms with van der Waals surface area (Å²) in [5.74, 6) is 0.792. The lowest BCUT2D eigenvalue weighted by Gasteiger charge is -2.61. The van der Waals surface area contributed by atoms with Gasteiger partial charge in [-0.2, -0.15) is 5.10 Å². The second kappa shape index (κ2) is 7.25. The Hall–Kier alpha value is -1.56. The molecule has 0 radical (unpaired) electrons. The smallest absolute Gasteiger partial charge is 0.303 e. The highest BCUT2D eigenvalue weighted by Crippen LogP contribution is 2.65.